The maximum absolute atomic E-state index is 13.2. The van der Waals surface area contributed by atoms with Crippen LogP contribution in [0.3, 0.4) is 0 Å². The fraction of sp³-hybridized carbons (Fsp3) is 0.727. The summed E-state index contributed by atoms with van der Waals surface area (Å²) < 4.78 is 55.9. The van der Waals surface area contributed by atoms with Gasteiger partial charge in [-0.05, 0) is 46.6 Å². The van der Waals surface area contributed by atoms with E-state index in [9.17, 15) is 22.8 Å². The molecule has 0 spiro atoms. The Morgan fingerprint density at radius 1 is 1.19 bits per heavy atom. The van der Waals surface area contributed by atoms with Crippen LogP contribution in [0, 0.1) is 5.92 Å². The predicted molar refractivity (Wildman–Crippen MR) is 112 cm³/mol. The van der Waals surface area contributed by atoms with E-state index in [1.807, 2.05) is 18.2 Å². The highest BCUT2D eigenvalue weighted by Gasteiger charge is 2.45. The van der Waals surface area contributed by atoms with Gasteiger partial charge in [-0.15, -0.1) is 0 Å². The summed E-state index contributed by atoms with van der Waals surface area (Å²) in [7, 11) is 0. The van der Waals surface area contributed by atoms with Crippen LogP contribution >= 0.6 is 0 Å². The molecule has 0 saturated carbocycles. The molecule has 32 heavy (non-hydrogen) atoms. The van der Waals surface area contributed by atoms with Gasteiger partial charge in [0.1, 0.15) is 5.60 Å². The number of hydrogen-bond acceptors (Lipinski definition) is 5. The van der Waals surface area contributed by atoms with E-state index in [1.165, 1.54) is 4.90 Å². The van der Waals surface area contributed by atoms with Gasteiger partial charge in [-0.1, -0.05) is 18.2 Å². The lowest BCUT2D eigenvalue weighted by Gasteiger charge is -2.42. The Hall–Kier alpha value is -2.07. The normalized spacial score (nSPS) is 23.1. The highest BCUT2D eigenvalue weighted by molar-refractivity contribution is 5.82. The quantitative estimate of drug-likeness (QED) is 0.443. The van der Waals surface area contributed by atoms with Crippen LogP contribution in [0.25, 0.3) is 0 Å². The Bertz CT molecular complexity index is 730. The Morgan fingerprint density at radius 2 is 1.88 bits per heavy atom. The van der Waals surface area contributed by atoms with E-state index in [-0.39, 0.29) is 26.2 Å². The largest absolute Gasteiger partial charge is 0.471 e. The first-order chi connectivity index (χ1) is 14.8. The fourth-order valence-electron chi connectivity index (χ4n) is 3.76. The number of nitrogens with zero attached hydrogens (tertiary/aromatic N) is 2. The van der Waals surface area contributed by atoms with E-state index in [2.05, 4.69) is 0 Å². The molecule has 0 fully saturated rings. The highest BCUT2D eigenvalue weighted by atomic mass is 19.4. The number of amides is 2. The van der Waals surface area contributed by atoms with Crippen LogP contribution in [-0.2, 0) is 19.0 Å². The zero-order chi connectivity index (χ0) is 24.1. The first-order valence-electron chi connectivity index (χ1n) is 10.7. The Balaban J connectivity index is 2.27. The summed E-state index contributed by atoms with van der Waals surface area (Å²) in [5.41, 5.74) is -0.179. The van der Waals surface area contributed by atoms with Gasteiger partial charge in [0.25, 0.3) is 0 Å². The molecule has 2 rings (SSSR count). The maximum atomic E-state index is 13.2. The molecule has 2 heterocycles. The molecule has 182 valence electrons. The van der Waals surface area contributed by atoms with Crippen molar-refractivity contribution in [1.29, 1.82) is 0 Å². The molecule has 0 radical (unpaired) electrons. The second kappa shape index (κ2) is 10.7. The number of alkyl halides is 3. The van der Waals surface area contributed by atoms with Crippen LogP contribution in [0.1, 0.15) is 41.0 Å². The van der Waals surface area contributed by atoms with Crippen molar-refractivity contribution in [3.05, 3.63) is 23.8 Å². The second-order valence-electron chi connectivity index (χ2n) is 8.91. The van der Waals surface area contributed by atoms with Crippen molar-refractivity contribution in [2.75, 3.05) is 32.8 Å². The number of ether oxygens (including phenoxy) is 3. The molecule has 10 heteroatoms. The lowest BCUT2D eigenvalue weighted by Crippen LogP contribution is -2.54. The highest BCUT2D eigenvalue weighted by Crippen LogP contribution is 2.30. The van der Waals surface area contributed by atoms with E-state index in [0.29, 0.717) is 18.6 Å². The predicted octanol–water partition coefficient (Wildman–Crippen LogP) is 3.90. The molecule has 2 amide bonds. The van der Waals surface area contributed by atoms with Gasteiger partial charge in [0, 0.05) is 38.2 Å². The van der Waals surface area contributed by atoms with Gasteiger partial charge >= 0.3 is 18.2 Å². The summed E-state index contributed by atoms with van der Waals surface area (Å²) in [5.74, 6) is -2.41. The SMILES string of the molecule is CCOC(C)OCC1=C[C@H]([C@H]2CC=CCN2C(=O)OC(C)(C)C)CN(C(=O)C(F)(F)F)C1. The summed E-state index contributed by atoms with van der Waals surface area (Å²) in [6, 6.07) is -0.446. The Kier molecular flexibility index (Phi) is 8.75. The van der Waals surface area contributed by atoms with Gasteiger partial charge < -0.3 is 24.0 Å². The molecule has 2 aliphatic heterocycles. The molecular weight excluding hydrogens is 429 g/mol. The Labute approximate surface area is 187 Å². The van der Waals surface area contributed by atoms with Crippen molar-refractivity contribution >= 4 is 12.0 Å². The number of carbonyl (C=O) groups excluding carboxylic acids is 2. The van der Waals surface area contributed by atoms with Crippen molar-refractivity contribution in [2.24, 2.45) is 5.92 Å². The third kappa shape index (κ3) is 7.51. The summed E-state index contributed by atoms with van der Waals surface area (Å²) in [4.78, 5) is 27.1. The van der Waals surface area contributed by atoms with E-state index < -0.39 is 42.0 Å². The number of hydrogen-bond donors (Lipinski definition) is 0. The van der Waals surface area contributed by atoms with Gasteiger partial charge in [-0.3, -0.25) is 4.79 Å². The second-order valence-corrected chi connectivity index (χ2v) is 8.91. The average molecular weight is 463 g/mol. The van der Waals surface area contributed by atoms with Gasteiger partial charge in [-0.2, -0.15) is 13.2 Å². The first-order valence-corrected chi connectivity index (χ1v) is 10.7. The molecule has 0 aromatic carbocycles. The molecule has 0 aromatic heterocycles. The zero-order valence-corrected chi connectivity index (χ0v) is 19.3. The van der Waals surface area contributed by atoms with E-state index >= 15 is 0 Å². The monoisotopic (exact) mass is 462 g/mol. The third-order valence-corrected chi connectivity index (χ3v) is 5.08. The van der Waals surface area contributed by atoms with Crippen LogP contribution in [0.5, 0.6) is 0 Å². The van der Waals surface area contributed by atoms with Gasteiger partial charge in [0.05, 0.1) is 6.61 Å². The maximum Gasteiger partial charge on any atom is 0.471 e. The standard InChI is InChI=1S/C22H33F3N2O5/c1-6-30-15(2)31-14-16-11-17(13-26(12-16)19(28)22(23,24)25)18-9-7-8-10-27(18)20(29)32-21(3,4)5/h7-8,11,15,17-18H,6,9-10,12-14H2,1-5H3/t15?,17-,18+/m0/s1. The molecule has 1 unspecified atom stereocenters. The molecular formula is C22H33F3N2O5. The lowest BCUT2D eigenvalue weighted by molar-refractivity contribution is -0.186. The molecule has 0 aliphatic carbocycles. The molecule has 0 bridgehead atoms. The number of carbonyl (C=O) groups is 2. The minimum absolute atomic E-state index is 0.0221. The third-order valence-electron chi connectivity index (χ3n) is 5.08. The van der Waals surface area contributed by atoms with Crippen LogP contribution in [0.15, 0.2) is 23.8 Å². The molecule has 7 nitrogen and oxygen atoms in total. The van der Waals surface area contributed by atoms with Crippen LogP contribution in [0.4, 0.5) is 18.0 Å². The van der Waals surface area contributed by atoms with Crippen molar-refractivity contribution in [3.8, 4) is 0 Å². The zero-order valence-electron chi connectivity index (χ0n) is 19.3. The fourth-order valence-corrected chi connectivity index (χ4v) is 3.76. The average Bonchev–Trinajstić information content (AvgIpc) is 2.69. The summed E-state index contributed by atoms with van der Waals surface area (Å²) >= 11 is 0. The molecule has 2 aliphatic rings. The number of halogens is 3. The summed E-state index contributed by atoms with van der Waals surface area (Å²) in [6.07, 6.45) is -0.0931. The molecule has 0 saturated heterocycles. The van der Waals surface area contributed by atoms with Crippen LogP contribution < -0.4 is 0 Å². The van der Waals surface area contributed by atoms with Crippen molar-refractivity contribution < 1.29 is 37.0 Å². The molecule has 3 atom stereocenters. The van der Waals surface area contributed by atoms with Crippen molar-refractivity contribution in [2.45, 2.75) is 65.1 Å². The summed E-state index contributed by atoms with van der Waals surface area (Å²) in [5, 5.41) is 0. The minimum atomic E-state index is -4.98. The van der Waals surface area contributed by atoms with Gasteiger partial charge in [0.2, 0.25) is 0 Å². The lowest BCUT2D eigenvalue weighted by atomic mass is 9.88. The number of rotatable bonds is 6. The first kappa shape index (κ1) is 26.2. The van der Waals surface area contributed by atoms with E-state index in [4.69, 9.17) is 14.2 Å². The van der Waals surface area contributed by atoms with Crippen LogP contribution in [0.2, 0.25) is 0 Å². The molecule has 0 aromatic rings. The Morgan fingerprint density at radius 3 is 2.47 bits per heavy atom. The van der Waals surface area contributed by atoms with Crippen molar-refractivity contribution in [1.82, 2.24) is 9.80 Å². The minimum Gasteiger partial charge on any atom is -0.444 e. The topological polar surface area (TPSA) is 68.3 Å². The van der Waals surface area contributed by atoms with Crippen LogP contribution in [-0.4, -0.2) is 78.8 Å². The summed E-state index contributed by atoms with van der Waals surface area (Å²) in [6.45, 7) is 9.14. The smallest absolute Gasteiger partial charge is 0.444 e. The van der Waals surface area contributed by atoms with E-state index in [1.54, 1.807) is 34.6 Å². The van der Waals surface area contributed by atoms with Gasteiger partial charge in [-0.25, -0.2) is 4.79 Å². The molecule has 0 N–H and O–H groups in total. The van der Waals surface area contributed by atoms with E-state index in [0.717, 1.165) is 4.90 Å². The van der Waals surface area contributed by atoms with Crippen molar-refractivity contribution in [3.63, 3.8) is 0 Å². The van der Waals surface area contributed by atoms with Gasteiger partial charge in [0.15, 0.2) is 6.29 Å².